The van der Waals surface area contributed by atoms with Crippen molar-refractivity contribution >= 4 is 34.1 Å². The Morgan fingerprint density at radius 1 is 0.966 bits per heavy atom. The Morgan fingerprint density at radius 2 is 1.66 bits per heavy atom. The average molecular weight is 403 g/mol. The van der Waals surface area contributed by atoms with Crippen LogP contribution in [0.25, 0.3) is 22.2 Å². The highest BCUT2D eigenvalue weighted by Gasteiger charge is 2.19. The molecule has 0 unspecified atom stereocenters. The number of carbonyl (C=O) groups is 1. The summed E-state index contributed by atoms with van der Waals surface area (Å²) < 4.78 is 5.25. The summed E-state index contributed by atoms with van der Waals surface area (Å²) in [6.45, 7) is 1.92. The lowest BCUT2D eigenvalue weighted by Gasteiger charge is -2.15. The predicted molar refractivity (Wildman–Crippen MR) is 118 cm³/mol. The molecule has 0 fully saturated rings. The number of carbonyl (C=O) groups excluding carboxylic acids is 1. The van der Waals surface area contributed by atoms with Crippen LogP contribution < -0.4 is 10.1 Å². The highest BCUT2D eigenvalue weighted by atomic mass is 35.5. The molecule has 5 heteroatoms. The smallest absolute Gasteiger partial charge is 0.256 e. The van der Waals surface area contributed by atoms with E-state index >= 15 is 0 Å². The summed E-state index contributed by atoms with van der Waals surface area (Å²) in [6.07, 6.45) is 0. The minimum Gasteiger partial charge on any atom is -0.497 e. The Balaban J connectivity index is 1.86. The second kappa shape index (κ2) is 7.94. The van der Waals surface area contributed by atoms with Crippen LogP contribution in [0.2, 0.25) is 5.02 Å². The van der Waals surface area contributed by atoms with Crippen molar-refractivity contribution in [1.82, 2.24) is 4.98 Å². The van der Waals surface area contributed by atoms with Gasteiger partial charge in [0.15, 0.2) is 0 Å². The lowest BCUT2D eigenvalue weighted by Crippen LogP contribution is -2.15. The molecule has 0 saturated heterocycles. The van der Waals surface area contributed by atoms with E-state index in [9.17, 15) is 4.79 Å². The van der Waals surface area contributed by atoms with Crippen molar-refractivity contribution < 1.29 is 9.53 Å². The number of halogens is 1. The molecule has 1 N–H and O–H groups in total. The molecule has 0 atom stereocenters. The molecule has 4 rings (SSSR count). The first-order valence-corrected chi connectivity index (χ1v) is 9.56. The van der Waals surface area contributed by atoms with Gasteiger partial charge in [-0.05, 0) is 55.0 Å². The first-order valence-electron chi connectivity index (χ1n) is 9.18. The molecule has 0 spiro atoms. The van der Waals surface area contributed by atoms with Gasteiger partial charge < -0.3 is 10.1 Å². The van der Waals surface area contributed by atoms with E-state index in [1.165, 1.54) is 0 Å². The molecule has 3 aromatic carbocycles. The third-order valence-corrected chi connectivity index (χ3v) is 5.18. The quantitative estimate of drug-likeness (QED) is 0.447. The van der Waals surface area contributed by atoms with Gasteiger partial charge in [-0.1, -0.05) is 41.9 Å². The van der Waals surface area contributed by atoms with Crippen molar-refractivity contribution in [2.45, 2.75) is 6.92 Å². The van der Waals surface area contributed by atoms with Crippen molar-refractivity contribution in [2.75, 3.05) is 12.4 Å². The highest BCUT2D eigenvalue weighted by molar-refractivity contribution is 6.34. The average Bonchev–Trinajstić information content (AvgIpc) is 2.75. The summed E-state index contributed by atoms with van der Waals surface area (Å²) in [5.41, 5.74) is 4.40. The van der Waals surface area contributed by atoms with E-state index in [1.54, 1.807) is 19.2 Å². The summed E-state index contributed by atoms with van der Waals surface area (Å²) >= 11 is 6.23. The fraction of sp³-hybridized carbons (Fsp3) is 0.0833. The zero-order chi connectivity index (χ0) is 20.4. The van der Waals surface area contributed by atoms with E-state index in [2.05, 4.69) is 5.32 Å². The van der Waals surface area contributed by atoms with Gasteiger partial charge in [0.2, 0.25) is 0 Å². The molecule has 0 aliphatic heterocycles. The van der Waals surface area contributed by atoms with Crippen LogP contribution in [0.4, 0.5) is 5.69 Å². The van der Waals surface area contributed by atoms with Crippen molar-refractivity contribution in [3.63, 3.8) is 0 Å². The fourth-order valence-electron chi connectivity index (χ4n) is 3.38. The van der Waals surface area contributed by atoms with Gasteiger partial charge in [0, 0.05) is 10.9 Å². The molecule has 0 aliphatic rings. The van der Waals surface area contributed by atoms with Gasteiger partial charge in [-0.2, -0.15) is 0 Å². The van der Waals surface area contributed by atoms with E-state index in [4.69, 9.17) is 21.3 Å². The first kappa shape index (κ1) is 19.0. The van der Waals surface area contributed by atoms with Crippen LogP contribution >= 0.6 is 11.6 Å². The van der Waals surface area contributed by atoms with Crippen LogP contribution in [0.15, 0.2) is 72.8 Å². The number of anilines is 1. The van der Waals surface area contributed by atoms with Crippen molar-refractivity contribution in [3.8, 4) is 17.0 Å². The molecule has 0 bridgehead atoms. The number of hydrogen-bond acceptors (Lipinski definition) is 3. The van der Waals surface area contributed by atoms with Crippen molar-refractivity contribution in [2.24, 2.45) is 0 Å². The maximum atomic E-state index is 13.3. The molecule has 1 aromatic heterocycles. The Labute approximate surface area is 174 Å². The number of fused-ring (bicyclic) bond motifs is 1. The molecule has 0 aliphatic carbocycles. The SMILES string of the molecule is COc1ccc(-c2nc3ccccc3c(C(=O)Nc3ccccc3Cl)c2C)cc1. The molecule has 0 radical (unpaired) electrons. The molecular formula is C24H19ClN2O2. The Bertz CT molecular complexity index is 1200. The second-order valence-electron chi connectivity index (χ2n) is 6.64. The topological polar surface area (TPSA) is 51.2 Å². The third-order valence-electron chi connectivity index (χ3n) is 4.85. The van der Waals surface area contributed by atoms with Gasteiger partial charge in [0.05, 0.1) is 34.6 Å². The number of pyridine rings is 1. The highest BCUT2D eigenvalue weighted by Crippen LogP contribution is 2.31. The number of nitrogens with one attached hydrogen (secondary N) is 1. The van der Waals surface area contributed by atoms with E-state index < -0.39 is 0 Å². The molecular weight excluding hydrogens is 384 g/mol. The maximum Gasteiger partial charge on any atom is 0.256 e. The predicted octanol–water partition coefficient (Wildman–Crippen LogP) is 6.12. The number of methoxy groups -OCH3 is 1. The lowest BCUT2D eigenvalue weighted by atomic mass is 9.97. The minimum atomic E-state index is -0.219. The molecule has 0 saturated carbocycles. The summed E-state index contributed by atoms with van der Waals surface area (Å²) in [7, 11) is 1.63. The summed E-state index contributed by atoms with van der Waals surface area (Å²) in [6, 6.07) is 22.5. The number of benzene rings is 3. The van der Waals surface area contributed by atoms with E-state index in [0.717, 1.165) is 33.5 Å². The fourth-order valence-corrected chi connectivity index (χ4v) is 3.56. The number of para-hydroxylation sites is 2. The van der Waals surface area contributed by atoms with Crippen molar-refractivity contribution in [3.05, 3.63) is 88.9 Å². The van der Waals surface area contributed by atoms with Crippen LogP contribution in [0.1, 0.15) is 15.9 Å². The van der Waals surface area contributed by atoms with E-state index in [0.29, 0.717) is 16.3 Å². The van der Waals surface area contributed by atoms with Crippen LogP contribution in [0.5, 0.6) is 5.75 Å². The van der Waals surface area contributed by atoms with E-state index in [-0.39, 0.29) is 5.91 Å². The first-order chi connectivity index (χ1) is 14.1. The van der Waals surface area contributed by atoms with Gasteiger partial charge in [0.25, 0.3) is 5.91 Å². The molecule has 4 aromatic rings. The number of hydrogen-bond donors (Lipinski definition) is 1. The molecule has 144 valence electrons. The Hall–Kier alpha value is -3.37. The molecule has 1 heterocycles. The number of rotatable bonds is 4. The zero-order valence-corrected chi connectivity index (χ0v) is 16.8. The zero-order valence-electron chi connectivity index (χ0n) is 16.1. The Morgan fingerprint density at radius 3 is 2.38 bits per heavy atom. The molecule has 29 heavy (non-hydrogen) atoms. The summed E-state index contributed by atoms with van der Waals surface area (Å²) in [5.74, 6) is 0.549. The van der Waals surface area contributed by atoms with Gasteiger partial charge in [-0.25, -0.2) is 4.98 Å². The van der Waals surface area contributed by atoms with Gasteiger partial charge >= 0.3 is 0 Å². The van der Waals surface area contributed by atoms with Crippen LogP contribution in [0.3, 0.4) is 0 Å². The van der Waals surface area contributed by atoms with Crippen LogP contribution in [-0.2, 0) is 0 Å². The van der Waals surface area contributed by atoms with E-state index in [1.807, 2.05) is 67.6 Å². The van der Waals surface area contributed by atoms with Crippen molar-refractivity contribution in [1.29, 1.82) is 0 Å². The summed E-state index contributed by atoms with van der Waals surface area (Å²) in [5, 5.41) is 4.23. The normalized spacial score (nSPS) is 10.7. The van der Waals surface area contributed by atoms with Gasteiger partial charge in [0.1, 0.15) is 5.75 Å². The summed E-state index contributed by atoms with van der Waals surface area (Å²) in [4.78, 5) is 18.1. The minimum absolute atomic E-state index is 0.219. The number of aromatic nitrogens is 1. The second-order valence-corrected chi connectivity index (χ2v) is 7.05. The molecule has 1 amide bonds. The number of amides is 1. The largest absolute Gasteiger partial charge is 0.497 e. The van der Waals surface area contributed by atoms with Crippen LogP contribution in [-0.4, -0.2) is 18.0 Å². The standard InChI is InChI=1S/C24H19ClN2O2/c1-15-22(24(28)27-21-10-6-4-8-19(21)25)18-7-3-5-9-20(18)26-23(15)16-11-13-17(29-2)14-12-16/h3-14H,1-2H3,(H,27,28). The molecule has 4 nitrogen and oxygen atoms in total. The van der Waals surface area contributed by atoms with Gasteiger partial charge in [-0.15, -0.1) is 0 Å². The number of ether oxygens (including phenoxy) is 1. The maximum absolute atomic E-state index is 13.3. The third kappa shape index (κ3) is 3.67. The monoisotopic (exact) mass is 402 g/mol. The number of nitrogens with zero attached hydrogens (tertiary/aromatic N) is 1. The van der Waals surface area contributed by atoms with Gasteiger partial charge in [-0.3, -0.25) is 4.79 Å². The lowest BCUT2D eigenvalue weighted by molar-refractivity contribution is 0.102. The Kier molecular flexibility index (Phi) is 5.19. The van der Waals surface area contributed by atoms with Crippen LogP contribution in [0, 0.1) is 6.92 Å².